The summed E-state index contributed by atoms with van der Waals surface area (Å²) in [4.78, 5) is 0. The predicted molar refractivity (Wildman–Crippen MR) is 95.1 cm³/mol. The van der Waals surface area contributed by atoms with Gasteiger partial charge in [-0.05, 0) is 24.3 Å². The number of rotatable bonds is 8. The van der Waals surface area contributed by atoms with E-state index in [1.807, 2.05) is 0 Å². The van der Waals surface area contributed by atoms with Gasteiger partial charge in [0.25, 0.3) is 0 Å². The lowest BCUT2D eigenvalue weighted by molar-refractivity contribution is 0.0193. The van der Waals surface area contributed by atoms with Gasteiger partial charge in [0.05, 0.1) is 24.2 Å². The number of halogens is 2. The van der Waals surface area contributed by atoms with Gasteiger partial charge in [-0.25, -0.2) is 8.78 Å². The van der Waals surface area contributed by atoms with Crippen LogP contribution in [0.1, 0.15) is 0 Å². The molecule has 5 N–H and O–H groups in total. The summed E-state index contributed by atoms with van der Waals surface area (Å²) in [7, 11) is 0. The van der Waals surface area contributed by atoms with Crippen molar-refractivity contribution in [2.24, 2.45) is 10.2 Å². The minimum atomic E-state index is -1.61. The molecule has 0 aliphatic carbocycles. The first kappa shape index (κ1) is 19.4. The minimum Gasteiger partial charge on any atom is -0.394 e. The summed E-state index contributed by atoms with van der Waals surface area (Å²) >= 11 is 0. The third-order valence-corrected chi connectivity index (χ3v) is 3.29. The average molecular weight is 364 g/mol. The Labute approximate surface area is 148 Å². The van der Waals surface area contributed by atoms with Gasteiger partial charge in [0, 0.05) is 0 Å². The second-order valence-corrected chi connectivity index (χ2v) is 5.17. The van der Waals surface area contributed by atoms with Crippen molar-refractivity contribution in [1.82, 2.24) is 0 Å². The number of aliphatic hydroxyl groups excluding tert-OH is 3. The zero-order chi connectivity index (χ0) is 18.9. The number of hydrogen-bond donors (Lipinski definition) is 5. The topological polar surface area (TPSA) is 109 Å². The summed E-state index contributed by atoms with van der Waals surface area (Å²) < 4.78 is 27.1. The molecule has 0 radical (unpaired) electrons. The van der Waals surface area contributed by atoms with Gasteiger partial charge in [-0.3, -0.25) is 10.9 Å². The molecule has 0 aromatic heterocycles. The van der Waals surface area contributed by atoms with E-state index < -0.39 is 30.4 Å². The summed E-state index contributed by atoms with van der Waals surface area (Å²) in [5.74, 6) is -1.11. The highest BCUT2D eigenvalue weighted by molar-refractivity contribution is 6.33. The molecule has 0 saturated heterocycles. The molecule has 0 unspecified atom stereocenters. The van der Waals surface area contributed by atoms with Crippen molar-refractivity contribution in [3.05, 3.63) is 60.2 Å². The summed E-state index contributed by atoms with van der Waals surface area (Å²) in [6.45, 7) is -0.728. The van der Waals surface area contributed by atoms with E-state index in [1.165, 1.54) is 36.4 Å². The van der Waals surface area contributed by atoms with Gasteiger partial charge in [0.2, 0.25) is 0 Å². The van der Waals surface area contributed by atoms with Crippen molar-refractivity contribution in [1.29, 1.82) is 0 Å². The monoisotopic (exact) mass is 364 g/mol. The van der Waals surface area contributed by atoms with Crippen LogP contribution in [0.5, 0.6) is 0 Å². The molecule has 9 heteroatoms. The highest BCUT2D eigenvalue weighted by atomic mass is 19.1. The van der Waals surface area contributed by atoms with Gasteiger partial charge in [0.15, 0.2) is 0 Å². The smallest absolute Gasteiger partial charge is 0.148 e. The summed E-state index contributed by atoms with van der Waals surface area (Å²) in [5.41, 5.74) is 4.73. The van der Waals surface area contributed by atoms with Gasteiger partial charge >= 0.3 is 0 Å². The van der Waals surface area contributed by atoms with Crippen LogP contribution in [0, 0.1) is 11.6 Å². The first-order valence-corrected chi connectivity index (χ1v) is 7.61. The first-order valence-electron chi connectivity index (χ1n) is 7.61. The van der Waals surface area contributed by atoms with E-state index in [2.05, 4.69) is 21.1 Å². The molecular formula is C17H18F2N4O3. The van der Waals surface area contributed by atoms with Crippen LogP contribution in [0.25, 0.3) is 0 Å². The standard InChI is InChI=1S/C17H18F2N4O3/c18-11-5-1-3-7-13(11)21-20-9-15(17(26)16(25)10-24)23-22-14-8-4-2-6-12(14)19/h1-9,16-17,21-22,24-26H,10H2/b20-9+,23-15-/t16-,17+/m1/s1. The fourth-order valence-electron chi connectivity index (χ4n) is 1.86. The molecule has 2 aromatic rings. The lowest BCUT2D eigenvalue weighted by Gasteiger charge is -2.15. The first-order chi connectivity index (χ1) is 12.5. The molecule has 0 spiro atoms. The molecule has 0 bridgehead atoms. The molecule has 26 heavy (non-hydrogen) atoms. The third kappa shape index (κ3) is 5.31. The van der Waals surface area contributed by atoms with E-state index in [0.717, 1.165) is 6.21 Å². The van der Waals surface area contributed by atoms with Crippen LogP contribution >= 0.6 is 0 Å². The summed E-state index contributed by atoms with van der Waals surface area (Å²) in [5, 5.41) is 36.1. The van der Waals surface area contributed by atoms with Gasteiger partial charge in [0.1, 0.15) is 29.6 Å². The number of benzene rings is 2. The maximum Gasteiger partial charge on any atom is 0.148 e. The maximum atomic E-state index is 13.6. The largest absolute Gasteiger partial charge is 0.394 e. The Kier molecular flexibility index (Phi) is 7.15. The van der Waals surface area contributed by atoms with E-state index in [4.69, 9.17) is 5.11 Å². The van der Waals surface area contributed by atoms with Crippen molar-refractivity contribution >= 4 is 23.3 Å². The van der Waals surface area contributed by atoms with Crippen LogP contribution in [0.4, 0.5) is 20.2 Å². The van der Waals surface area contributed by atoms with Crippen LogP contribution in [-0.2, 0) is 0 Å². The van der Waals surface area contributed by atoms with Gasteiger partial charge in [-0.2, -0.15) is 10.2 Å². The lowest BCUT2D eigenvalue weighted by Crippen LogP contribution is -2.37. The molecule has 2 rings (SSSR count). The zero-order valence-corrected chi connectivity index (χ0v) is 13.5. The summed E-state index contributed by atoms with van der Waals surface area (Å²) in [6.07, 6.45) is -2.12. The molecular weight excluding hydrogens is 346 g/mol. The Bertz CT molecular complexity index is 786. The predicted octanol–water partition coefficient (Wildman–Crippen LogP) is 1.54. The second kappa shape index (κ2) is 9.56. The second-order valence-electron chi connectivity index (χ2n) is 5.17. The molecule has 0 aliphatic heterocycles. The van der Waals surface area contributed by atoms with E-state index in [1.54, 1.807) is 12.1 Å². The van der Waals surface area contributed by atoms with Crippen LogP contribution in [-0.4, -0.2) is 46.1 Å². The van der Waals surface area contributed by atoms with Crippen molar-refractivity contribution in [3.8, 4) is 0 Å². The maximum absolute atomic E-state index is 13.6. The Morgan fingerprint density at radius 1 is 0.962 bits per heavy atom. The molecule has 2 atom stereocenters. The van der Waals surface area contributed by atoms with Gasteiger partial charge in [-0.15, -0.1) is 0 Å². The van der Waals surface area contributed by atoms with Crippen molar-refractivity contribution in [3.63, 3.8) is 0 Å². The van der Waals surface area contributed by atoms with Crippen molar-refractivity contribution in [2.45, 2.75) is 12.2 Å². The van der Waals surface area contributed by atoms with Crippen LogP contribution < -0.4 is 10.9 Å². The van der Waals surface area contributed by atoms with E-state index in [-0.39, 0.29) is 17.1 Å². The number of aliphatic hydroxyl groups is 3. The number of anilines is 2. The number of para-hydroxylation sites is 2. The minimum absolute atomic E-state index is 0.0335. The normalized spacial score (nSPS) is 14.3. The molecule has 138 valence electrons. The highest BCUT2D eigenvalue weighted by Gasteiger charge is 2.21. The Morgan fingerprint density at radius 3 is 2.04 bits per heavy atom. The number of nitrogens with one attached hydrogen (secondary N) is 2. The average Bonchev–Trinajstić information content (AvgIpc) is 2.65. The molecule has 0 fully saturated rings. The van der Waals surface area contributed by atoms with Crippen molar-refractivity contribution < 1.29 is 24.1 Å². The lowest BCUT2D eigenvalue weighted by atomic mass is 10.1. The van der Waals surface area contributed by atoms with E-state index >= 15 is 0 Å². The summed E-state index contributed by atoms with van der Waals surface area (Å²) in [6, 6.07) is 11.5. The molecule has 0 heterocycles. The van der Waals surface area contributed by atoms with Gasteiger partial charge in [-0.1, -0.05) is 24.3 Å². The molecule has 0 amide bonds. The highest BCUT2D eigenvalue weighted by Crippen LogP contribution is 2.13. The number of nitrogens with zero attached hydrogens (tertiary/aromatic N) is 2. The molecule has 0 aliphatic rings. The third-order valence-electron chi connectivity index (χ3n) is 3.29. The zero-order valence-electron chi connectivity index (χ0n) is 13.5. The van der Waals surface area contributed by atoms with Crippen LogP contribution in [0.3, 0.4) is 0 Å². The molecule has 0 saturated carbocycles. The van der Waals surface area contributed by atoms with Crippen LogP contribution in [0.15, 0.2) is 58.7 Å². The fraction of sp³-hybridized carbons (Fsp3) is 0.176. The van der Waals surface area contributed by atoms with E-state index in [9.17, 15) is 19.0 Å². The number of hydrogen-bond acceptors (Lipinski definition) is 7. The molecule has 7 nitrogen and oxygen atoms in total. The van der Waals surface area contributed by atoms with Gasteiger partial charge < -0.3 is 15.3 Å². The Morgan fingerprint density at radius 2 is 1.50 bits per heavy atom. The quantitative estimate of drug-likeness (QED) is 0.361. The van der Waals surface area contributed by atoms with Crippen molar-refractivity contribution in [2.75, 3.05) is 17.5 Å². The van der Waals surface area contributed by atoms with E-state index in [0.29, 0.717) is 0 Å². The molecule has 2 aromatic carbocycles. The van der Waals surface area contributed by atoms with Crippen LogP contribution in [0.2, 0.25) is 0 Å². The SMILES string of the molecule is OC[C@@H](O)[C@@H](O)C(/C=N/Nc1ccccc1F)=N\Nc1ccccc1F. The Hall–Kier alpha value is -2.88. The fourth-order valence-corrected chi connectivity index (χ4v) is 1.86. The number of hydrazone groups is 2. The Balaban J connectivity index is 2.18.